The number of rotatable bonds is 34. The number of esters is 1. The van der Waals surface area contributed by atoms with Gasteiger partial charge >= 0.3 is 11.9 Å². The highest BCUT2D eigenvalue weighted by molar-refractivity contribution is 5.80. The number of hydrogen-bond acceptors (Lipinski definition) is 4. The Morgan fingerprint density at radius 3 is 1.65 bits per heavy atom. The largest absolute Gasteiger partial charge is 0.480 e. The second-order valence-electron chi connectivity index (χ2n) is 12.8. The molecule has 6 heteroatoms. The molecule has 0 aliphatic rings. The Bertz CT molecular complexity index is 917. The summed E-state index contributed by atoms with van der Waals surface area (Å²) in [5.41, 5.74) is 0. The number of carboxylic acid groups (broad SMARTS) is 1. The van der Waals surface area contributed by atoms with Crippen LogP contribution in [0.3, 0.4) is 0 Å². The van der Waals surface area contributed by atoms with E-state index < -0.39 is 5.97 Å². The molecular formula is C42H71NO5. The minimum Gasteiger partial charge on any atom is -0.480 e. The van der Waals surface area contributed by atoms with Crippen LogP contribution in [0.5, 0.6) is 0 Å². The van der Waals surface area contributed by atoms with Gasteiger partial charge in [0.1, 0.15) is 12.6 Å². The topological polar surface area (TPSA) is 92.7 Å². The number of carbonyl (C=O) groups excluding carboxylic acids is 2. The van der Waals surface area contributed by atoms with E-state index in [2.05, 4.69) is 55.6 Å². The average molecular weight is 670 g/mol. The van der Waals surface area contributed by atoms with Gasteiger partial charge in [-0.1, -0.05) is 140 Å². The fourth-order valence-corrected chi connectivity index (χ4v) is 5.27. The van der Waals surface area contributed by atoms with Crippen LogP contribution in [0.15, 0.2) is 60.8 Å². The van der Waals surface area contributed by atoms with Crippen molar-refractivity contribution in [3.63, 3.8) is 0 Å². The van der Waals surface area contributed by atoms with Crippen LogP contribution in [0.1, 0.15) is 174 Å². The fourth-order valence-electron chi connectivity index (χ4n) is 5.27. The lowest BCUT2D eigenvalue weighted by Gasteiger charge is -2.11. The summed E-state index contributed by atoms with van der Waals surface area (Å²) >= 11 is 0. The molecule has 0 radical (unpaired) electrons. The predicted octanol–water partition coefficient (Wildman–Crippen LogP) is 11.7. The Balaban J connectivity index is 3.97. The number of hydrogen-bond donors (Lipinski definition) is 2. The summed E-state index contributed by atoms with van der Waals surface area (Å²) in [6.45, 7) is 4.04. The third-order valence-electron chi connectivity index (χ3n) is 8.14. The molecule has 0 heterocycles. The van der Waals surface area contributed by atoms with Crippen molar-refractivity contribution < 1.29 is 24.2 Å². The van der Waals surface area contributed by atoms with E-state index in [-0.39, 0.29) is 24.5 Å². The maximum absolute atomic E-state index is 12.5. The highest BCUT2D eigenvalue weighted by Crippen LogP contribution is 2.13. The van der Waals surface area contributed by atoms with E-state index in [0.29, 0.717) is 12.8 Å². The molecule has 0 aromatic rings. The van der Waals surface area contributed by atoms with E-state index in [0.717, 1.165) is 57.8 Å². The molecule has 0 aromatic heterocycles. The summed E-state index contributed by atoms with van der Waals surface area (Å²) in [4.78, 5) is 34.6. The first kappa shape index (κ1) is 45.1. The lowest BCUT2D eigenvalue weighted by atomic mass is 10.1. The van der Waals surface area contributed by atoms with Crippen molar-refractivity contribution in [1.29, 1.82) is 0 Å². The zero-order chi connectivity index (χ0) is 35.2. The smallest absolute Gasteiger partial charge is 0.322 e. The molecule has 0 aromatic carbocycles. The maximum Gasteiger partial charge on any atom is 0.322 e. The van der Waals surface area contributed by atoms with Crippen LogP contribution < -0.4 is 5.32 Å². The first-order valence-electron chi connectivity index (χ1n) is 19.5. The quantitative estimate of drug-likeness (QED) is 0.0404. The molecule has 0 saturated heterocycles. The Kier molecular flexibility index (Phi) is 34.7. The monoisotopic (exact) mass is 670 g/mol. The minimum atomic E-state index is -1.03. The van der Waals surface area contributed by atoms with Gasteiger partial charge in [-0.3, -0.25) is 14.4 Å². The van der Waals surface area contributed by atoms with Gasteiger partial charge in [0.05, 0.1) is 0 Å². The van der Waals surface area contributed by atoms with Crippen molar-refractivity contribution in [1.82, 2.24) is 5.32 Å². The molecule has 2 N–H and O–H groups in total. The standard InChI is InChI=1S/C42H71NO5/c1-3-5-7-9-10-11-12-13-14-15-16-17-18-19-20-21-22-23-24-29-33-37-42(47)48-39(34-30-26-8-6-4-2)35-31-27-25-28-32-36-40(44)43-38-41(45)46/h6,8,12-13,15-16,30-31,34-35,39H,3-5,7,9-11,14,17-29,32-33,36-38H2,1-2H3,(H,43,44)(H,45,46)/b8-6-,13-12-,16-15-,34-30-,35-31-. The van der Waals surface area contributed by atoms with Gasteiger partial charge in [0.2, 0.25) is 5.91 Å². The van der Waals surface area contributed by atoms with Gasteiger partial charge in [-0.25, -0.2) is 0 Å². The van der Waals surface area contributed by atoms with Crippen molar-refractivity contribution in [2.75, 3.05) is 6.54 Å². The first-order valence-corrected chi connectivity index (χ1v) is 19.5. The van der Waals surface area contributed by atoms with E-state index in [1.807, 2.05) is 24.3 Å². The Morgan fingerprint density at radius 2 is 1.04 bits per heavy atom. The van der Waals surface area contributed by atoms with E-state index in [1.165, 1.54) is 89.9 Å². The second-order valence-corrected chi connectivity index (χ2v) is 12.8. The summed E-state index contributed by atoms with van der Waals surface area (Å²) < 4.78 is 5.76. The third kappa shape index (κ3) is 36.0. The van der Waals surface area contributed by atoms with Gasteiger partial charge < -0.3 is 15.2 Å². The maximum atomic E-state index is 12.5. The number of allylic oxidation sites excluding steroid dienone is 8. The van der Waals surface area contributed by atoms with Gasteiger partial charge in [0.25, 0.3) is 0 Å². The highest BCUT2D eigenvalue weighted by atomic mass is 16.5. The molecule has 0 bridgehead atoms. The van der Waals surface area contributed by atoms with E-state index in [1.54, 1.807) is 0 Å². The number of aliphatic carboxylic acids is 1. The molecule has 0 fully saturated rings. The van der Waals surface area contributed by atoms with Crippen molar-refractivity contribution in [3.8, 4) is 0 Å². The van der Waals surface area contributed by atoms with Gasteiger partial charge in [-0.05, 0) is 82.8 Å². The number of carboxylic acids is 1. The van der Waals surface area contributed by atoms with Crippen LogP contribution in [0.25, 0.3) is 0 Å². The Labute approximate surface area is 294 Å². The summed E-state index contributed by atoms with van der Waals surface area (Å²) in [6.07, 6.45) is 48.3. The molecule has 1 atom stereocenters. The van der Waals surface area contributed by atoms with Crippen LogP contribution in [-0.2, 0) is 19.1 Å². The first-order chi connectivity index (χ1) is 23.5. The molecule has 0 aliphatic heterocycles. The van der Waals surface area contributed by atoms with E-state index in [9.17, 15) is 14.4 Å². The van der Waals surface area contributed by atoms with Crippen LogP contribution in [0.2, 0.25) is 0 Å². The van der Waals surface area contributed by atoms with E-state index in [4.69, 9.17) is 9.84 Å². The van der Waals surface area contributed by atoms with Gasteiger partial charge in [-0.15, -0.1) is 0 Å². The van der Waals surface area contributed by atoms with E-state index >= 15 is 0 Å². The fraction of sp³-hybridized carbons (Fsp3) is 0.690. The molecule has 1 unspecified atom stereocenters. The molecular weight excluding hydrogens is 598 g/mol. The van der Waals surface area contributed by atoms with Crippen LogP contribution in [-0.4, -0.2) is 35.6 Å². The average Bonchev–Trinajstić information content (AvgIpc) is 3.07. The zero-order valence-corrected chi connectivity index (χ0v) is 30.8. The van der Waals surface area contributed by atoms with Crippen molar-refractivity contribution in [2.45, 2.75) is 180 Å². The predicted molar refractivity (Wildman–Crippen MR) is 203 cm³/mol. The normalized spacial score (nSPS) is 12.7. The minimum absolute atomic E-state index is 0.145. The molecule has 0 saturated carbocycles. The number of unbranched alkanes of at least 4 members (excludes halogenated alkanes) is 17. The van der Waals surface area contributed by atoms with Gasteiger partial charge in [0.15, 0.2) is 0 Å². The number of nitrogens with one attached hydrogen (secondary N) is 1. The molecule has 6 nitrogen and oxygen atoms in total. The zero-order valence-electron chi connectivity index (χ0n) is 30.8. The molecule has 274 valence electrons. The summed E-state index contributed by atoms with van der Waals surface area (Å²) in [6, 6.07) is 0. The molecule has 0 aliphatic carbocycles. The van der Waals surface area contributed by atoms with Crippen LogP contribution >= 0.6 is 0 Å². The summed E-state index contributed by atoms with van der Waals surface area (Å²) in [5.74, 6) is -1.41. The molecule has 1 amide bonds. The second kappa shape index (κ2) is 36.9. The third-order valence-corrected chi connectivity index (χ3v) is 8.14. The Morgan fingerprint density at radius 1 is 0.562 bits per heavy atom. The van der Waals surface area contributed by atoms with Crippen LogP contribution in [0.4, 0.5) is 0 Å². The van der Waals surface area contributed by atoms with Gasteiger partial charge in [-0.2, -0.15) is 0 Å². The molecule has 0 rings (SSSR count). The molecule has 48 heavy (non-hydrogen) atoms. The Hall–Kier alpha value is -2.89. The van der Waals surface area contributed by atoms with Crippen molar-refractivity contribution >= 4 is 17.8 Å². The summed E-state index contributed by atoms with van der Waals surface area (Å²) in [5, 5.41) is 11.0. The SMILES string of the molecule is CC/C=C\C/C=C\C(/C=C\CCCCCC(=O)NCC(=O)O)OC(=O)CCCCCCCCCCC/C=C\C/C=C\CCCCCCC. The number of carbonyl (C=O) groups is 3. The van der Waals surface area contributed by atoms with Crippen molar-refractivity contribution in [3.05, 3.63) is 60.8 Å². The lowest BCUT2D eigenvalue weighted by molar-refractivity contribution is -0.145. The number of ether oxygens (including phenoxy) is 1. The summed E-state index contributed by atoms with van der Waals surface area (Å²) in [7, 11) is 0. The van der Waals surface area contributed by atoms with Gasteiger partial charge in [0, 0.05) is 12.8 Å². The lowest BCUT2D eigenvalue weighted by Crippen LogP contribution is -2.28. The van der Waals surface area contributed by atoms with Crippen molar-refractivity contribution in [2.24, 2.45) is 0 Å². The van der Waals surface area contributed by atoms with Crippen LogP contribution in [0, 0.1) is 0 Å². The highest BCUT2D eigenvalue weighted by Gasteiger charge is 2.09. The molecule has 0 spiro atoms. The number of amides is 1.